The molecule has 0 spiro atoms. The van der Waals surface area contributed by atoms with Gasteiger partial charge in [-0.05, 0) is 56.5 Å². The molecule has 0 aliphatic carbocycles. The highest BCUT2D eigenvalue weighted by Crippen LogP contribution is 2.32. The standard InChI is InChI=1S/C13H11Br2N3O2S/c1-6-3-2-4-8(10(6)12(16)18-20)17-13(19)7-5-9(14)21-11(7)15/h2-5,20H,1H3,(H2,16,18)(H,17,19). The van der Waals surface area contributed by atoms with Crippen LogP contribution in [0.2, 0.25) is 0 Å². The van der Waals surface area contributed by atoms with E-state index in [1.54, 1.807) is 18.2 Å². The topological polar surface area (TPSA) is 87.7 Å². The molecule has 0 saturated heterocycles. The Labute approximate surface area is 142 Å². The van der Waals surface area contributed by atoms with E-state index < -0.39 is 0 Å². The number of amidine groups is 1. The molecule has 4 N–H and O–H groups in total. The van der Waals surface area contributed by atoms with Gasteiger partial charge in [0, 0.05) is 5.56 Å². The first-order valence-corrected chi connectivity index (χ1v) is 8.18. The van der Waals surface area contributed by atoms with Gasteiger partial charge in [-0.3, -0.25) is 4.79 Å². The van der Waals surface area contributed by atoms with Gasteiger partial charge in [0.15, 0.2) is 5.84 Å². The van der Waals surface area contributed by atoms with Crippen LogP contribution < -0.4 is 11.1 Å². The lowest BCUT2D eigenvalue weighted by Gasteiger charge is -2.12. The zero-order valence-electron chi connectivity index (χ0n) is 10.9. The Hall–Kier alpha value is -1.38. The third-order valence-corrected chi connectivity index (χ3v) is 5.13. The number of hydrogen-bond donors (Lipinski definition) is 3. The van der Waals surface area contributed by atoms with Gasteiger partial charge in [0.2, 0.25) is 0 Å². The Kier molecular flexibility index (Phi) is 5.02. The molecule has 1 heterocycles. The molecular weight excluding hydrogens is 422 g/mol. The summed E-state index contributed by atoms with van der Waals surface area (Å²) in [7, 11) is 0. The Morgan fingerprint density at radius 2 is 2.14 bits per heavy atom. The van der Waals surface area contributed by atoms with E-state index in [1.165, 1.54) is 11.3 Å². The molecule has 0 saturated carbocycles. The molecule has 1 aromatic heterocycles. The monoisotopic (exact) mass is 431 g/mol. The Morgan fingerprint density at radius 1 is 1.43 bits per heavy atom. The minimum Gasteiger partial charge on any atom is -0.409 e. The number of amides is 1. The zero-order valence-corrected chi connectivity index (χ0v) is 14.8. The zero-order chi connectivity index (χ0) is 15.6. The number of nitrogens with two attached hydrogens (primary N) is 1. The van der Waals surface area contributed by atoms with Crippen molar-refractivity contribution in [1.82, 2.24) is 0 Å². The molecule has 0 bridgehead atoms. The van der Waals surface area contributed by atoms with Crippen molar-refractivity contribution in [3.8, 4) is 0 Å². The van der Waals surface area contributed by atoms with E-state index in [2.05, 4.69) is 42.3 Å². The van der Waals surface area contributed by atoms with Gasteiger partial charge in [-0.15, -0.1) is 11.3 Å². The first-order chi connectivity index (χ1) is 9.93. The van der Waals surface area contributed by atoms with Crippen molar-refractivity contribution in [2.45, 2.75) is 6.92 Å². The fraction of sp³-hybridized carbons (Fsp3) is 0.0769. The normalized spacial score (nSPS) is 11.5. The van der Waals surface area contributed by atoms with Gasteiger partial charge >= 0.3 is 0 Å². The molecule has 21 heavy (non-hydrogen) atoms. The van der Waals surface area contributed by atoms with Crippen molar-refractivity contribution < 1.29 is 10.0 Å². The van der Waals surface area contributed by atoms with Gasteiger partial charge in [0.05, 0.1) is 18.8 Å². The van der Waals surface area contributed by atoms with Crippen LogP contribution in [0.5, 0.6) is 0 Å². The van der Waals surface area contributed by atoms with E-state index in [9.17, 15) is 4.79 Å². The van der Waals surface area contributed by atoms with Crippen LogP contribution in [-0.2, 0) is 0 Å². The number of benzene rings is 1. The smallest absolute Gasteiger partial charge is 0.257 e. The van der Waals surface area contributed by atoms with Gasteiger partial charge in [-0.2, -0.15) is 0 Å². The maximum Gasteiger partial charge on any atom is 0.257 e. The molecular formula is C13H11Br2N3O2S. The summed E-state index contributed by atoms with van der Waals surface area (Å²) in [5.74, 6) is -0.324. The number of carbonyl (C=O) groups is 1. The first kappa shape index (κ1) is 16.0. The molecule has 0 unspecified atom stereocenters. The highest BCUT2D eigenvalue weighted by atomic mass is 79.9. The average Bonchev–Trinajstić information content (AvgIpc) is 2.77. The van der Waals surface area contributed by atoms with Gasteiger partial charge in [-0.1, -0.05) is 17.3 Å². The lowest BCUT2D eigenvalue weighted by atomic mass is 10.1. The number of nitrogens with one attached hydrogen (secondary N) is 1. The Balaban J connectivity index is 2.38. The number of rotatable bonds is 3. The molecule has 0 atom stereocenters. The average molecular weight is 433 g/mol. The van der Waals surface area contributed by atoms with Crippen molar-refractivity contribution in [2.75, 3.05) is 5.32 Å². The first-order valence-electron chi connectivity index (χ1n) is 5.77. The van der Waals surface area contributed by atoms with Crippen LogP contribution in [0.1, 0.15) is 21.5 Å². The second-order valence-corrected chi connectivity index (χ2v) is 7.92. The molecule has 1 aromatic carbocycles. The summed E-state index contributed by atoms with van der Waals surface area (Å²) in [6, 6.07) is 7.04. The molecule has 0 fully saturated rings. The fourth-order valence-electron chi connectivity index (χ4n) is 1.85. The number of nitrogens with zero attached hydrogens (tertiary/aromatic N) is 1. The molecule has 8 heteroatoms. The van der Waals surface area contributed by atoms with Gasteiger partial charge in [0.1, 0.15) is 0 Å². The predicted molar refractivity (Wildman–Crippen MR) is 91.4 cm³/mol. The maximum atomic E-state index is 12.3. The molecule has 0 radical (unpaired) electrons. The molecule has 2 aromatic rings. The molecule has 2 rings (SSSR count). The van der Waals surface area contributed by atoms with Crippen molar-refractivity contribution >= 4 is 60.6 Å². The second kappa shape index (κ2) is 6.59. The predicted octanol–water partition coefficient (Wildman–Crippen LogP) is 3.93. The van der Waals surface area contributed by atoms with Crippen LogP contribution in [0.15, 0.2) is 37.0 Å². The van der Waals surface area contributed by atoms with Gasteiger partial charge < -0.3 is 16.3 Å². The number of hydrogen-bond acceptors (Lipinski definition) is 4. The van der Waals surface area contributed by atoms with E-state index in [0.717, 1.165) is 13.1 Å². The van der Waals surface area contributed by atoms with Crippen molar-refractivity contribution in [3.05, 3.63) is 48.5 Å². The van der Waals surface area contributed by atoms with E-state index >= 15 is 0 Å². The minimum atomic E-state index is -0.276. The summed E-state index contributed by atoms with van der Waals surface area (Å²) < 4.78 is 1.57. The van der Waals surface area contributed by atoms with Crippen LogP contribution in [0.3, 0.4) is 0 Å². The second-order valence-electron chi connectivity index (χ2n) is 4.17. The van der Waals surface area contributed by atoms with Crippen molar-refractivity contribution in [1.29, 1.82) is 0 Å². The van der Waals surface area contributed by atoms with Crippen LogP contribution in [0, 0.1) is 6.92 Å². The van der Waals surface area contributed by atoms with E-state index in [4.69, 9.17) is 10.9 Å². The number of aryl methyl sites for hydroxylation is 1. The lowest BCUT2D eigenvalue weighted by Crippen LogP contribution is -2.20. The van der Waals surface area contributed by atoms with Crippen LogP contribution in [0.25, 0.3) is 0 Å². The maximum absolute atomic E-state index is 12.3. The van der Waals surface area contributed by atoms with Crippen LogP contribution in [-0.4, -0.2) is 17.0 Å². The molecule has 5 nitrogen and oxygen atoms in total. The molecule has 110 valence electrons. The van der Waals surface area contributed by atoms with E-state index in [1.807, 2.05) is 13.0 Å². The van der Waals surface area contributed by atoms with E-state index in [-0.39, 0.29) is 11.7 Å². The Bertz CT molecular complexity index is 728. The summed E-state index contributed by atoms with van der Waals surface area (Å²) in [5, 5.41) is 14.7. The third kappa shape index (κ3) is 3.45. The van der Waals surface area contributed by atoms with E-state index in [0.29, 0.717) is 16.8 Å². The van der Waals surface area contributed by atoms with Crippen LogP contribution >= 0.6 is 43.2 Å². The summed E-state index contributed by atoms with van der Waals surface area (Å²) >= 11 is 8.09. The number of thiophene rings is 1. The van der Waals surface area contributed by atoms with Gasteiger partial charge in [0.25, 0.3) is 5.91 Å². The lowest BCUT2D eigenvalue weighted by molar-refractivity contribution is 0.102. The summed E-state index contributed by atoms with van der Waals surface area (Å²) in [4.78, 5) is 12.3. The molecule has 1 amide bonds. The Morgan fingerprint density at radius 3 is 2.71 bits per heavy atom. The number of oxime groups is 1. The van der Waals surface area contributed by atoms with Crippen molar-refractivity contribution in [3.63, 3.8) is 0 Å². The summed E-state index contributed by atoms with van der Waals surface area (Å²) in [5.41, 5.74) is 7.98. The highest BCUT2D eigenvalue weighted by molar-refractivity contribution is 9.12. The third-order valence-electron chi connectivity index (χ3n) is 2.79. The number of halogens is 2. The van der Waals surface area contributed by atoms with Gasteiger partial charge in [-0.25, -0.2) is 0 Å². The molecule has 0 aliphatic heterocycles. The van der Waals surface area contributed by atoms with Crippen molar-refractivity contribution in [2.24, 2.45) is 10.9 Å². The highest BCUT2D eigenvalue weighted by Gasteiger charge is 2.17. The molecule has 0 aliphatic rings. The SMILES string of the molecule is Cc1cccc(NC(=O)c2cc(Br)sc2Br)c1/C(N)=N/O. The largest absolute Gasteiger partial charge is 0.409 e. The fourth-order valence-corrected chi connectivity index (χ4v) is 4.64. The quantitative estimate of drug-likeness (QED) is 0.297. The van der Waals surface area contributed by atoms with Crippen LogP contribution in [0.4, 0.5) is 5.69 Å². The number of carbonyl (C=O) groups excluding carboxylic acids is 1. The summed E-state index contributed by atoms with van der Waals surface area (Å²) in [6.45, 7) is 1.82. The summed E-state index contributed by atoms with van der Waals surface area (Å²) in [6.07, 6.45) is 0. The number of anilines is 1. The minimum absolute atomic E-state index is 0.0473.